The molecule has 1 aliphatic rings. The molecule has 0 atom stereocenters. The molecule has 0 fully saturated rings. The van der Waals surface area contributed by atoms with Gasteiger partial charge in [-0.3, -0.25) is 19.6 Å². The van der Waals surface area contributed by atoms with E-state index in [2.05, 4.69) is 9.84 Å². The third kappa shape index (κ3) is 2.54. The normalized spacial score (nSPS) is 13.5. The standard InChI is InChI=1S/C13H13N5O5/c1-23-13(20)15-6-7-16-11(8-15)14-17(12(16)19)9-2-4-10(5-3-9)18(21)22/h2-5H,6-8H2,1H3. The Balaban J connectivity index is 1.94. The molecule has 0 saturated carbocycles. The number of amides is 1. The van der Waals surface area contributed by atoms with E-state index in [1.165, 1.54) is 45.5 Å². The maximum atomic E-state index is 12.4. The van der Waals surface area contributed by atoms with E-state index in [0.717, 1.165) is 0 Å². The SMILES string of the molecule is COC(=O)N1CCn2c(nn(-c3ccc([N+](=O)[O-])cc3)c2=O)C1. The Morgan fingerprint density at radius 2 is 2.00 bits per heavy atom. The molecule has 23 heavy (non-hydrogen) atoms. The molecule has 0 unspecified atom stereocenters. The molecule has 0 aliphatic carbocycles. The highest BCUT2D eigenvalue weighted by Crippen LogP contribution is 2.15. The number of methoxy groups -OCH3 is 1. The van der Waals surface area contributed by atoms with Crippen molar-refractivity contribution in [2.45, 2.75) is 13.1 Å². The molecular weight excluding hydrogens is 306 g/mol. The predicted octanol–water partition coefficient (Wildman–Crippen LogP) is 0.524. The molecule has 0 radical (unpaired) electrons. The van der Waals surface area contributed by atoms with Gasteiger partial charge in [0, 0.05) is 25.2 Å². The van der Waals surface area contributed by atoms with Crippen LogP contribution < -0.4 is 5.69 Å². The van der Waals surface area contributed by atoms with E-state index in [9.17, 15) is 19.7 Å². The van der Waals surface area contributed by atoms with Gasteiger partial charge in [-0.15, -0.1) is 5.10 Å². The van der Waals surface area contributed by atoms with E-state index in [-0.39, 0.29) is 17.9 Å². The molecule has 1 aliphatic heterocycles. The molecule has 3 rings (SSSR count). The Hall–Kier alpha value is -3.17. The number of nitro groups is 1. The Kier molecular flexibility index (Phi) is 3.56. The van der Waals surface area contributed by atoms with E-state index in [1.807, 2.05) is 0 Å². The van der Waals surface area contributed by atoms with Gasteiger partial charge in [0.05, 0.1) is 24.3 Å². The second kappa shape index (κ2) is 5.55. The number of hydrogen-bond acceptors (Lipinski definition) is 6. The number of benzene rings is 1. The van der Waals surface area contributed by atoms with Crippen molar-refractivity contribution >= 4 is 11.8 Å². The summed E-state index contributed by atoms with van der Waals surface area (Å²) in [6.45, 7) is 0.837. The summed E-state index contributed by atoms with van der Waals surface area (Å²) < 4.78 is 7.30. The summed E-state index contributed by atoms with van der Waals surface area (Å²) in [6.07, 6.45) is -0.478. The highest BCUT2D eigenvalue weighted by molar-refractivity contribution is 5.67. The maximum absolute atomic E-state index is 12.4. The van der Waals surface area contributed by atoms with Crippen LogP contribution in [0.5, 0.6) is 0 Å². The van der Waals surface area contributed by atoms with E-state index in [1.54, 1.807) is 0 Å². The smallest absolute Gasteiger partial charge is 0.409 e. The van der Waals surface area contributed by atoms with Crippen molar-refractivity contribution in [2.24, 2.45) is 0 Å². The molecule has 10 nitrogen and oxygen atoms in total. The molecule has 1 aromatic carbocycles. The van der Waals surface area contributed by atoms with Crippen molar-refractivity contribution < 1.29 is 14.5 Å². The molecule has 1 aromatic heterocycles. The molecular formula is C13H13N5O5. The Labute approximate surface area is 129 Å². The lowest BCUT2D eigenvalue weighted by Gasteiger charge is -2.24. The number of nitro benzene ring substituents is 1. The van der Waals surface area contributed by atoms with E-state index < -0.39 is 11.0 Å². The number of carbonyl (C=O) groups excluding carboxylic acids is 1. The Bertz CT molecular complexity index is 822. The van der Waals surface area contributed by atoms with Crippen molar-refractivity contribution in [1.82, 2.24) is 19.2 Å². The van der Waals surface area contributed by atoms with Crippen LogP contribution in [-0.2, 0) is 17.8 Å². The topological polar surface area (TPSA) is 112 Å². The van der Waals surface area contributed by atoms with Crippen molar-refractivity contribution in [2.75, 3.05) is 13.7 Å². The Morgan fingerprint density at radius 3 is 2.61 bits per heavy atom. The number of carbonyl (C=O) groups is 1. The van der Waals surface area contributed by atoms with Gasteiger partial charge in [0.25, 0.3) is 5.69 Å². The summed E-state index contributed by atoms with van der Waals surface area (Å²) in [5.74, 6) is 0.435. The van der Waals surface area contributed by atoms with Crippen molar-refractivity contribution in [3.8, 4) is 5.69 Å². The maximum Gasteiger partial charge on any atom is 0.409 e. The molecule has 0 bridgehead atoms. The van der Waals surface area contributed by atoms with Crippen LogP contribution in [0.25, 0.3) is 5.69 Å². The summed E-state index contributed by atoms with van der Waals surface area (Å²) in [5.41, 5.74) is 0.00752. The van der Waals surface area contributed by atoms with Crippen LogP contribution in [-0.4, -0.2) is 43.9 Å². The first-order valence-electron chi connectivity index (χ1n) is 6.77. The summed E-state index contributed by atoms with van der Waals surface area (Å²) in [7, 11) is 1.29. The third-order valence-electron chi connectivity index (χ3n) is 3.60. The van der Waals surface area contributed by atoms with Crippen LogP contribution in [0.15, 0.2) is 29.1 Å². The van der Waals surface area contributed by atoms with Gasteiger partial charge in [0.1, 0.15) is 0 Å². The molecule has 2 aromatic rings. The fourth-order valence-electron chi connectivity index (χ4n) is 2.42. The highest BCUT2D eigenvalue weighted by Gasteiger charge is 2.25. The molecule has 120 valence electrons. The zero-order valence-corrected chi connectivity index (χ0v) is 12.2. The van der Waals surface area contributed by atoms with Gasteiger partial charge in [0.15, 0.2) is 5.82 Å². The van der Waals surface area contributed by atoms with Crippen LogP contribution in [0.1, 0.15) is 5.82 Å². The number of ether oxygens (including phenoxy) is 1. The number of nitrogens with zero attached hydrogens (tertiary/aromatic N) is 5. The van der Waals surface area contributed by atoms with Crippen molar-refractivity contribution in [1.29, 1.82) is 0 Å². The summed E-state index contributed by atoms with van der Waals surface area (Å²) in [4.78, 5) is 35.5. The van der Waals surface area contributed by atoms with Gasteiger partial charge in [-0.1, -0.05) is 0 Å². The first-order valence-corrected chi connectivity index (χ1v) is 6.77. The minimum atomic E-state index is -0.515. The minimum Gasteiger partial charge on any atom is -0.453 e. The summed E-state index contributed by atoms with van der Waals surface area (Å²) in [5, 5.41) is 14.9. The minimum absolute atomic E-state index is 0.0670. The lowest BCUT2D eigenvalue weighted by molar-refractivity contribution is -0.384. The zero-order chi connectivity index (χ0) is 16.6. The summed E-state index contributed by atoms with van der Waals surface area (Å²) in [6, 6.07) is 5.52. The van der Waals surface area contributed by atoms with Gasteiger partial charge < -0.3 is 4.74 Å². The van der Waals surface area contributed by atoms with Gasteiger partial charge >= 0.3 is 11.8 Å². The van der Waals surface area contributed by atoms with E-state index in [0.29, 0.717) is 24.6 Å². The first kappa shape index (κ1) is 14.8. The monoisotopic (exact) mass is 319 g/mol. The number of non-ortho nitro benzene ring substituents is 1. The molecule has 1 amide bonds. The molecule has 2 heterocycles. The number of hydrogen-bond donors (Lipinski definition) is 0. The average molecular weight is 319 g/mol. The fraction of sp³-hybridized carbons (Fsp3) is 0.308. The zero-order valence-electron chi connectivity index (χ0n) is 12.2. The van der Waals surface area contributed by atoms with Crippen LogP contribution in [0.2, 0.25) is 0 Å². The lowest BCUT2D eigenvalue weighted by atomic mass is 10.3. The molecule has 0 N–H and O–H groups in total. The molecule has 0 spiro atoms. The lowest BCUT2D eigenvalue weighted by Crippen LogP contribution is -2.40. The van der Waals surface area contributed by atoms with Gasteiger partial charge in [-0.25, -0.2) is 9.59 Å². The largest absolute Gasteiger partial charge is 0.453 e. The van der Waals surface area contributed by atoms with Gasteiger partial charge in [-0.05, 0) is 12.1 Å². The number of aromatic nitrogens is 3. The summed E-state index contributed by atoms with van der Waals surface area (Å²) >= 11 is 0. The highest BCUT2D eigenvalue weighted by atomic mass is 16.6. The second-order valence-electron chi connectivity index (χ2n) is 4.93. The van der Waals surface area contributed by atoms with Crippen LogP contribution >= 0.6 is 0 Å². The van der Waals surface area contributed by atoms with Crippen molar-refractivity contribution in [3.05, 3.63) is 50.7 Å². The first-order chi connectivity index (χ1) is 11.0. The van der Waals surface area contributed by atoms with Gasteiger partial charge in [-0.2, -0.15) is 4.68 Å². The van der Waals surface area contributed by atoms with Crippen molar-refractivity contribution in [3.63, 3.8) is 0 Å². The Morgan fingerprint density at radius 1 is 1.30 bits per heavy atom. The fourth-order valence-corrected chi connectivity index (χ4v) is 2.42. The quantitative estimate of drug-likeness (QED) is 0.589. The van der Waals surface area contributed by atoms with Crippen LogP contribution in [0.4, 0.5) is 10.5 Å². The predicted molar refractivity (Wildman–Crippen MR) is 77.3 cm³/mol. The number of fused-ring (bicyclic) bond motifs is 1. The molecule has 0 saturated heterocycles. The molecule has 10 heteroatoms. The number of rotatable bonds is 2. The third-order valence-corrected chi connectivity index (χ3v) is 3.60. The van der Waals surface area contributed by atoms with Crippen LogP contribution in [0.3, 0.4) is 0 Å². The van der Waals surface area contributed by atoms with Crippen LogP contribution in [0, 0.1) is 10.1 Å². The van der Waals surface area contributed by atoms with E-state index in [4.69, 9.17) is 0 Å². The second-order valence-corrected chi connectivity index (χ2v) is 4.93. The average Bonchev–Trinajstić information content (AvgIpc) is 2.90. The van der Waals surface area contributed by atoms with E-state index >= 15 is 0 Å². The van der Waals surface area contributed by atoms with Gasteiger partial charge in [0.2, 0.25) is 0 Å².